The summed E-state index contributed by atoms with van der Waals surface area (Å²) in [7, 11) is 0. The number of nitrogens with zero attached hydrogens (tertiary/aromatic N) is 4. The van der Waals surface area contributed by atoms with Crippen LogP contribution in [0.2, 0.25) is 15.2 Å². The molecule has 0 aliphatic rings. The molecule has 0 atom stereocenters. The molecule has 5 rings (SSSR count). The van der Waals surface area contributed by atoms with E-state index in [0.717, 1.165) is 32.4 Å². The number of H-pyrrole nitrogens is 1. The van der Waals surface area contributed by atoms with Gasteiger partial charge in [-0.3, -0.25) is 9.78 Å². The smallest absolute Gasteiger partial charge is 0.349 e. The quantitative estimate of drug-likeness (QED) is 0.300. The number of nitrogen functional groups attached to an aromatic ring is 1. The average Bonchev–Trinajstić information content (AvgIpc) is 2.83. The van der Waals surface area contributed by atoms with Gasteiger partial charge in [0.2, 0.25) is 5.82 Å². The maximum absolute atomic E-state index is 12.1. The van der Waals surface area contributed by atoms with E-state index in [9.17, 15) is 9.59 Å². The van der Waals surface area contributed by atoms with Crippen molar-refractivity contribution in [3.05, 3.63) is 96.3 Å². The molecule has 3 N–H and O–H groups in total. The molecule has 3 heterocycles. The molecule has 0 amide bonds. The molecule has 2 aromatic carbocycles. The molecule has 0 bridgehead atoms. The monoisotopic (exact) mass is 540 g/mol. The van der Waals surface area contributed by atoms with Gasteiger partial charge < -0.3 is 10.5 Å². The van der Waals surface area contributed by atoms with Crippen molar-refractivity contribution in [1.82, 2.24) is 24.7 Å². The Morgan fingerprint density at radius 3 is 2.47 bits per heavy atom. The summed E-state index contributed by atoms with van der Waals surface area (Å²) in [5.41, 5.74) is 7.51. The third-order valence-corrected chi connectivity index (χ3v) is 6.08. The maximum Gasteiger partial charge on any atom is 0.349 e. The molecule has 0 spiro atoms. The van der Waals surface area contributed by atoms with Gasteiger partial charge in [-0.15, -0.1) is 5.10 Å². The Kier molecular flexibility index (Phi) is 6.13. The Labute approximate surface area is 218 Å². The molecule has 0 unspecified atom stereocenters. The molecular weight excluding hydrogens is 527 g/mol. The van der Waals surface area contributed by atoms with Crippen molar-refractivity contribution < 1.29 is 4.74 Å². The molecule has 0 radical (unpaired) electrons. The number of anilines is 1. The number of hydrogen-bond acceptors (Lipinski definition) is 7. The number of hydrogen-bond donors (Lipinski definition) is 2. The van der Waals surface area contributed by atoms with E-state index in [1.54, 1.807) is 18.3 Å². The van der Waals surface area contributed by atoms with Crippen LogP contribution in [-0.2, 0) is 0 Å². The standard InChI is InChI=1S/C24H15Cl3N6O3/c1-11-6-19(12-4-5-29-20(27)7-12)30-18-3-2-14(10-15(11)18)36-21-16(25)8-13(9-17(21)26)33-24(35)31-23(34)22(28)32-33/h2-10H,1H3,(H2,28,32)(H,31,34,35). The predicted molar refractivity (Wildman–Crippen MR) is 140 cm³/mol. The normalized spacial score (nSPS) is 11.1. The number of nitrogens with two attached hydrogens (primary N) is 1. The van der Waals surface area contributed by atoms with Crippen LogP contribution in [0.15, 0.2) is 64.3 Å². The van der Waals surface area contributed by atoms with Gasteiger partial charge in [0.15, 0.2) is 5.75 Å². The van der Waals surface area contributed by atoms with Crippen LogP contribution >= 0.6 is 34.8 Å². The molecule has 180 valence electrons. The highest BCUT2D eigenvalue weighted by atomic mass is 35.5. The highest BCUT2D eigenvalue weighted by Crippen LogP contribution is 2.39. The van der Waals surface area contributed by atoms with Crippen molar-refractivity contribution in [3.8, 4) is 28.4 Å². The lowest BCUT2D eigenvalue weighted by Gasteiger charge is -2.13. The lowest BCUT2D eigenvalue weighted by molar-refractivity contribution is 0.483. The number of aromatic amines is 1. The van der Waals surface area contributed by atoms with Gasteiger partial charge in [-0.2, -0.15) is 4.68 Å². The van der Waals surface area contributed by atoms with E-state index in [2.05, 4.69) is 15.1 Å². The van der Waals surface area contributed by atoms with Crippen LogP contribution in [0.3, 0.4) is 0 Å². The number of benzene rings is 2. The van der Waals surface area contributed by atoms with Gasteiger partial charge in [0.1, 0.15) is 10.9 Å². The van der Waals surface area contributed by atoms with Crippen molar-refractivity contribution in [1.29, 1.82) is 0 Å². The fourth-order valence-corrected chi connectivity index (χ4v) is 4.34. The summed E-state index contributed by atoms with van der Waals surface area (Å²) in [4.78, 5) is 34.4. The van der Waals surface area contributed by atoms with E-state index in [-0.39, 0.29) is 27.3 Å². The zero-order chi connectivity index (χ0) is 25.6. The highest BCUT2D eigenvalue weighted by Gasteiger charge is 2.15. The molecule has 0 aliphatic carbocycles. The molecule has 9 nitrogen and oxygen atoms in total. The summed E-state index contributed by atoms with van der Waals surface area (Å²) in [6.45, 7) is 1.97. The highest BCUT2D eigenvalue weighted by molar-refractivity contribution is 6.37. The van der Waals surface area contributed by atoms with Crippen molar-refractivity contribution in [3.63, 3.8) is 0 Å². The summed E-state index contributed by atoms with van der Waals surface area (Å²) in [5.74, 6) is 0.283. The summed E-state index contributed by atoms with van der Waals surface area (Å²) < 4.78 is 6.88. The fraction of sp³-hybridized carbons (Fsp3) is 0.0417. The summed E-state index contributed by atoms with van der Waals surface area (Å²) in [6.07, 6.45) is 1.63. The molecule has 0 aliphatic heterocycles. The number of aryl methyl sites for hydroxylation is 1. The van der Waals surface area contributed by atoms with Crippen LogP contribution in [0.25, 0.3) is 27.8 Å². The summed E-state index contributed by atoms with van der Waals surface area (Å²) in [5, 5.41) is 5.28. The third-order valence-electron chi connectivity index (χ3n) is 5.31. The summed E-state index contributed by atoms with van der Waals surface area (Å²) in [6, 6.07) is 13.8. The van der Waals surface area contributed by atoms with E-state index >= 15 is 0 Å². The van der Waals surface area contributed by atoms with Gasteiger partial charge in [-0.25, -0.2) is 14.8 Å². The Hall–Kier alpha value is -3.92. The first-order chi connectivity index (χ1) is 17.2. The van der Waals surface area contributed by atoms with E-state index in [1.807, 2.05) is 31.2 Å². The van der Waals surface area contributed by atoms with Crippen LogP contribution in [0.1, 0.15) is 5.56 Å². The minimum absolute atomic E-state index is 0.121. The average molecular weight is 542 g/mol. The zero-order valence-corrected chi connectivity index (χ0v) is 20.7. The van der Waals surface area contributed by atoms with Gasteiger partial charge >= 0.3 is 5.69 Å². The second-order valence-corrected chi connectivity index (χ2v) is 8.97. The topological polar surface area (TPSA) is 129 Å². The number of fused-ring (bicyclic) bond motifs is 1. The molecule has 0 saturated heterocycles. The summed E-state index contributed by atoms with van der Waals surface area (Å²) >= 11 is 18.9. The second kappa shape index (κ2) is 9.27. The van der Waals surface area contributed by atoms with E-state index in [4.69, 9.17) is 50.3 Å². The van der Waals surface area contributed by atoms with Crippen molar-refractivity contribution >= 4 is 51.5 Å². The van der Waals surface area contributed by atoms with E-state index in [1.165, 1.54) is 12.1 Å². The minimum atomic E-state index is -0.791. The molecular formula is C24H15Cl3N6O3. The second-order valence-electron chi connectivity index (χ2n) is 7.77. The molecule has 36 heavy (non-hydrogen) atoms. The van der Waals surface area contributed by atoms with Crippen LogP contribution in [0.4, 0.5) is 5.82 Å². The lowest BCUT2D eigenvalue weighted by atomic mass is 10.1. The molecule has 12 heteroatoms. The third kappa shape index (κ3) is 4.51. The number of rotatable bonds is 4. The minimum Gasteiger partial charge on any atom is -0.454 e. The van der Waals surface area contributed by atoms with Crippen molar-refractivity contribution in [2.24, 2.45) is 0 Å². The molecule has 5 aromatic rings. The van der Waals surface area contributed by atoms with Gasteiger partial charge in [0, 0.05) is 17.1 Å². The maximum atomic E-state index is 12.1. The number of ether oxygens (including phenoxy) is 1. The van der Waals surface area contributed by atoms with Gasteiger partial charge in [0.25, 0.3) is 5.56 Å². The number of halogens is 3. The Morgan fingerprint density at radius 2 is 1.75 bits per heavy atom. The lowest BCUT2D eigenvalue weighted by Crippen LogP contribution is -2.33. The zero-order valence-electron chi connectivity index (χ0n) is 18.4. The van der Waals surface area contributed by atoms with Crippen LogP contribution in [-0.4, -0.2) is 24.7 Å². The largest absolute Gasteiger partial charge is 0.454 e. The first-order valence-electron chi connectivity index (χ1n) is 10.4. The first-order valence-corrected chi connectivity index (χ1v) is 11.5. The molecule has 0 fully saturated rings. The van der Waals surface area contributed by atoms with Crippen molar-refractivity contribution in [2.45, 2.75) is 6.92 Å². The van der Waals surface area contributed by atoms with E-state index < -0.39 is 11.2 Å². The van der Waals surface area contributed by atoms with Crippen LogP contribution < -0.4 is 21.7 Å². The first kappa shape index (κ1) is 23.8. The molecule has 0 saturated carbocycles. The number of pyridine rings is 2. The Morgan fingerprint density at radius 1 is 1.00 bits per heavy atom. The van der Waals surface area contributed by atoms with Crippen molar-refractivity contribution in [2.75, 3.05) is 5.73 Å². The number of aromatic nitrogens is 5. The predicted octanol–water partition coefficient (Wildman–Crippen LogP) is 5.17. The van der Waals surface area contributed by atoms with Gasteiger partial charge in [-0.1, -0.05) is 34.8 Å². The Balaban J connectivity index is 1.50. The molecule has 3 aromatic heterocycles. The Bertz CT molecular complexity index is 1760. The van der Waals surface area contributed by atoms with Crippen LogP contribution in [0.5, 0.6) is 11.5 Å². The van der Waals surface area contributed by atoms with Gasteiger partial charge in [0.05, 0.1) is 26.9 Å². The number of nitrogens with one attached hydrogen (secondary N) is 1. The fourth-order valence-electron chi connectivity index (χ4n) is 3.62. The van der Waals surface area contributed by atoms with E-state index in [0.29, 0.717) is 10.9 Å². The SMILES string of the molecule is Cc1cc(-c2ccnc(Cl)c2)nc2ccc(Oc3c(Cl)cc(-n4nc(N)c(=O)[nH]c4=O)cc3Cl)cc12. The van der Waals surface area contributed by atoms with Gasteiger partial charge in [-0.05, 0) is 61.0 Å². The van der Waals surface area contributed by atoms with Crippen LogP contribution in [0, 0.1) is 6.92 Å².